The van der Waals surface area contributed by atoms with Crippen LogP contribution in [0.15, 0.2) is 36.4 Å². The zero-order valence-electron chi connectivity index (χ0n) is 11.6. The largest absolute Gasteiger partial charge is 0.493 e. The summed E-state index contributed by atoms with van der Waals surface area (Å²) in [6.45, 7) is 4.83. The standard InChI is InChI=1S/C16H21NO.ClH/c1-3-13(17)11-12-9-10-16(18-4-2)15-8-6-5-7-14(12)15;/h5-10,13H,3-4,11,17H2,1-2H3;1H. The van der Waals surface area contributed by atoms with Gasteiger partial charge in [-0.1, -0.05) is 37.3 Å². The maximum Gasteiger partial charge on any atom is 0.127 e. The lowest BCUT2D eigenvalue weighted by atomic mass is 9.97. The van der Waals surface area contributed by atoms with Crippen LogP contribution in [0, 0.1) is 0 Å². The molecule has 0 fully saturated rings. The molecule has 0 aliphatic heterocycles. The van der Waals surface area contributed by atoms with Crippen molar-refractivity contribution < 1.29 is 4.74 Å². The van der Waals surface area contributed by atoms with Crippen LogP contribution >= 0.6 is 12.4 Å². The van der Waals surface area contributed by atoms with Gasteiger partial charge in [-0.2, -0.15) is 0 Å². The molecule has 0 aliphatic rings. The molecule has 0 heterocycles. The van der Waals surface area contributed by atoms with E-state index in [1.54, 1.807) is 0 Å². The Labute approximate surface area is 121 Å². The summed E-state index contributed by atoms with van der Waals surface area (Å²) in [5.74, 6) is 0.960. The minimum Gasteiger partial charge on any atom is -0.493 e. The second-order valence-electron chi connectivity index (χ2n) is 4.57. The SMILES string of the molecule is CCOc1ccc(CC(N)CC)c2ccccc12.Cl. The normalized spacial score (nSPS) is 11.9. The first kappa shape index (κ1) is 15.8. The van der Waals surface area contributed by atoms with Gasteiger partial charge in [-0.25, -0.2) is 0 Å². The van der Waals surface area contributed by atoms with E-state index in [4.69, 9.17) is 10.5 Å². The highest BCUT2D eigenvalue weighted by atomic mass is 35.5. The van der Waals surface area contributed by atoms with E-state index in [9.17, 15) is 0 Å². The fourth-order valence-corrected chi connectivity index (χ4v) is 2.22. The highest BCUT2D eigenvalue weighted by Gasteiger charge is 2.08. The maximum atomic E-state index is 6.06. The van der Waals surface area contributed by atoms with Crippen molar-refractivity contribution in [2.24, 2.45) is 5.73 Å². The predicted molar refractivity (Wildman–Crippen MR) is 84.3 cm³/mol. The van der Waals surface area contributed by atoms with Crippen molar-refractivity contribution in [2.75, 3.05) is 6.61 Å². The Bertz CT molecular complexity index is 527. The van der Waals surface area contributed by atoms with E-state index in [0.29, 0.717) is 6.61 Å². The Hall–Kier alpha value is -1.25. The number of fused-ring (bicyclic) bond motifs is 1. The van der Waals surface area contributed by atoms with Crippen molar-refractivity contribution in [3.63, 3.8) is 0 Å². The zero-order chi connectivity index (χ0) is 13.0. The Morgan fingerprint density at radius 1 is 1.05 bits per heavy atom. The molecule has 0 aromatic heterocycles. The van der Waals surface area contributed by atoms with Crippen molar-refractivity contribution >= 4 is 23.2 Å². The molecule has 1 atom stereocenters. The number of halogens is 1. The van der Waals surface area contributed by atoms with Crippen molar-refractivity contribution in [3.05, 3.63) is 42.0 Å². The predicted octanol–water partition coefficient (Wildman–Crippen LogP) is 3.94. The molecule has 2 rings (SSSR count). The van der Waals surface area contributed by atoms with Crippen LogP contribution in [0.4, 0.5) is 0 Å². The first-order valence-electron chi connectivity index (χ1n) is 6.65. The zero-order valence-corrected chi connectivity index (χ0v) is 12.4. The van der Waals surface area contributed by atoms with Gasteiger partial charge in [0.1, 0.15) is 5.75 Å². The summed E-state index contributed by atoms with van der Waals surface area (Å²) in [5, 5.41) is 2.44. The van der Waals surface area contributed by atoms with Gasteiger partial charge in [0.2, 0.25) is 0 Å². The van der Waals surface area contributed by atoms with Gasteiger partial charge in [-0.15, -0.1) is 12.4 Å². The molecule has 0 radical (unpaired) electrons. The quantitative estimate of drug-likeness (QED) is 0.900. The van der Waals surface area contributed by atoms with Gasteiger partial charge in [0.15, 0.2) is 0 Å². The maximum absolute atomic E-state index is 6.06. The fourth-order valence-electron chi connectivity index (χ4n) is 2.22. The molecule has 19 heavy (non-hydrogen) atoms. The van der Waals surface area contributed by atoms with Crippen LogP contribution in [0.2, 0.25) is 0 Å². The lowest BCUT2D eigenvalue weighted by Crippen LogP contribution is -2.21. The van der Waals surface area contributed by atoms with Crippen molar-refractivity contribution in [2.45, 2.75) is 32.7 Å². The van der Waals surface area contributed by atoms with Gasteiger partial charge in [0.05, 0.1) is 6.61 Å². The van der Waals surface area contributed by atoms with Gasteiger partial charge in [0, 0.05) is 11.4 Å². The van der Waals surface area contributed by atoms with Gasteiger partial charge in [0.25, 0.3) is 0 Å². The van der Waals surface area contributed by atoms with Crippen LogP contribution in [-0.2, 0) is 6.42 Å². The third-order valence-electron chi connectivity index (χ3n) is 3.28. The highest BCUT2D eigenvalue weighted by molar-refractivity contribution is 5.91. The highest BCUT2D eigenvalue weighted by Crippen LogP contribution is 2.29. The van der Waals surface area contributed by atoms with Gasteiger partial charge in [-0.3, -0.25) is 0 Å². The molecule has 2 aromatic carbocycles. The number of benzene rings is 2. The van der Waals surface area contributed by atoms with Crippen molar-refractivity contribution in [3.8, 4) is 5.75 Å². The molecule has 0 saturated carbocycles. The van der Waals surface area contributed by atoms with Gasteiger partial charge in [-0.05, 0) is 36.8 Å². The van der Waals surface area contributed by atoms with Gasteiger partial charge >= 0.3 is 0 Å². The average molecular weight is 280 g/mol. The monoisotopic (exact) mass is 279 g/mol. The van der Waals surface area contributed by atoms with Crippen LogP contribution in [-0.4, -0.2) is 12.6 Å². The molecule has 0 aliphatic carbocycles. The first-order chi connectivity index (χ1) is 8.76. The molecule has 2 N–H and O–H groups in total. The van der Waals surface area contributed by atoms with Crippen LogP contribution in [0.25, 0.3) is 10.8 Å². The second-order valence-corrected chi connectivity index (χ2v) is 4.57. The summed E-state index contributed by atoms with van der Waals surface area (Å²) in [5.41, 5.74) is 7.37. The smallest absolute Gasteiger partial charge is 0.127 e. The lowest BCUT2D eigenvalue weighted by Gasteiger charge is -2.14. The first-order valence-corrected chi connectivity index (χ1v) is 6.65. The van der Waals surface area contributed by atoms with E-state index >= 15 is 0 Å². The van der Waals surface area contributed by atoms with Gasteiger partial charge < -0.3 is 10.5 Å². The molecule has 0 amide bonds. The average Bonchev–Trinajstić information content (AvgIpc) is 2.41. The van der Waals surface area contributed by atoms with Crippen molar-refractivity contribution in [1.29, 1.82) is 0 Å². The van der Waals surface area contributed by atoms with Crippen LogP contribution < -0.4 is 10.5 Å². The minimum absolute atomic E-state index is 0. The van der Waals surface area contributed by atoms with E-state index in [1.165, 1.54) is 16.3 Å². The van der Waals surface area contributed by atoms with E-state index < -0.39 is 0 Å². The Kier molecular flexibility index (Phi) is 6.13. The molecule has 1 unspecified atom stereocenters. The third-order valence-corrected chi connectivity index (χ3v) is 3.28. The summed E-state index contributed by atoms with van der Waals surface area (Å²) in [4.78, 5) is 0. The molecule has 0 spiro atoms. The summed E-state index contributed by atoms with van der Waals surface area (Å²) in [7, 11) is 0. The Morgan fingerprint density at radius 2 is 1.74 bits per heavy atom. The number of rotatable bonds is 5. The Morgan fingerprint density at radius 3 is 2.37 bits per heavy atom. The number of nitrogens with two attached hydrogens (primary N) is 1. The summed E-state index contributed by atoms with van der Waals surface area (Å²) in [6.07, 6.45) is 1.92. The molecule has 104 valence electrons. The molecule has 2 nitrogen and oxygen atoms in total. The van der Waals surface area contributed by atoms with Crippen LogP contribution in [0.5, 0.6) is 5.75 Å². The van der Waals surface area contributed by atoms with E-state index in [-0.39, 0.29) is 18.4 Å². The number of hydrogen-bond acceptors (Lipinski definition) is 2. The summed E-state index contributed by atoms with van der Waals surface area (Å²) >= 11 is 0. The molecular weight excluding hydrogens is 258 g/mol. The summed E-state index contributed by atoms with van der Waals surface area (Å²) < 4.78 is 5.67. The molecule has 0 bridgehead atoms. The lowest BCUT2D eigenvalue weighted by molar-refractivity contribution is 0.344. The molecule has 2 aromatic rings. The Balaban J connectivity index is 0.00000180. The van der Waals surface area contributed by atoms with E-state index in [2.05, 4.69) is 37.3 Å². The number of hydrogen-bond donors (Lipinski definition) is 1. The topological polar surface area (TPSA) is 35.2 Å². The number of ether oxygens (including phenoxy) is 1. The molecule has 0 saturated heterocycles. The molecular formula is C16H22ClNO. The van der Waals surface area contributed by atoms with Crippen LogP contribution in [0.3, 0.4) is 0 Å². The molecule has 3 heteroatoms. The van der Waals surface area contributed by atoms with E-state index in [0.717, 1.165) is 18.6 Å². The minimum atomic E-state index is 0. The van der Waals surface area contributed by atoms with Crippen LogP contribution in [0.1, 0.15) is 25.8 Å². The second kappa shape index (κ2) is 7.37. The third kappa shape index (κ3) is 3.62. The fraction of sp³-hybridized carbons (Fsp3) is 0.375. The van der Waals surface area contributed by atoms with Crippen molar-refractivity contribution in [1.82, 2.24) is 0 Å². The van der Waals surface area contributed by atoms with E-state index in [1.807, 2.05) is 13.0 Å². The summed E-state index contributed by atoms with van der Waals surface area (Å²) in [6, 6.07) is 12.8.